The van der Waals surface area contributed by atoms with Gasteiger partial charge in [0.05, 0.1) is 19.4 Å². The second kappa shape index (κ2) is 8.12. The lowest BCUT2D eigenvalue weighted by molar-refractivity contribution is 0.103. The molecule has 122 valence electrons. The summed E-state index contributed by atoms with van der Waals surface area (Å²) in [4.78, 5) is 12.2. The number of carbonyl (C=O) groups is 1. The molecule has 2 aromatic rings. The van der Waals surface area contributed by atoms with Crippen LogP contribution in [0.1, 0.15) is 36.3 Å². The number of carbonyl (C=O) groups excluding carboxylic acids is 1. The quantitative estimate of drug-likeness (QED) is 0.553. The number of para-hydroxylation sites is 1. The summed E-state index contributed by atoms with van der Waals surface area (Å²) in [6, 6.07) is 5.62. The van der Waals surface area contributed by atoms with Crippen LogP contribution in [0.5, 0.6) is 11.5 Å². The molecule has 1 aromatic carbocycles. The molecule has 0 atom stereocenters. The first kappa shape index (κ1) is 16.7. The van der Waals surface area contributed by atoms with E-state index in [1.54, 1.807) is 13.1 Å². The lowest BCUT2D eigenvalue weighted by atomic mass is 10.1. The number of aromatic nitrogens is 3. The Labute approximate surface area is 135 Å². The second-order valence-corrected chi connectivity index (χ2v) is 4.90. The SMILES string of the molecule is CCCOc1c(/C=C/C(=O)c2cnnn2C)cccc1OCC. The van der Waals surface area contributed by atoms with Crippen molar-refractivity contribution in [1.82, 2.24) is 15.0 Å². The van der Waals surface area contributed by atoms with Crippen molar-refractivity contribution in [3.05, 3.63) is 41.7 Å². The average molecular weight is 315 g/mol. The molecule has 0 aliphatic heterocycles. The number of rotatable bonds is 8. The topological polar surface area (TPSA) is 66.2 Å². The molecule has 0 radical (unpaired) electrons. The molecule has 0 aliphatic rings. The zero-order valence-corrected chi connectivity index (χ0v) is 13.7. The van der Waals surface area contributed by atoms with E-state index < -0.39 is 0 Å². The first-order valence-corrected chi connectivity index (χ1v) is 7.63. The van der Waals surface area contributed by atoms with Crippen LogP contribution in [0.15, 0.2) is 30.5 Å². The Bertz CT molecular complexity index is 692. The Morgan fingerprint density at radius 1 is 1.30 bits per heavy atom. The lowest BCUT2D eigenvalue weighted by Crippen LogP contribution is -2.04. The Morgan fingerprint density at radius 2 is 2.13 bits per heavy atom. The van der Waals surface area contributed by atoms with Crippen molar-refractivity contribution in [2.45, 2.75) is 20.3 Å². The van der Waals surface area contributed by atoms with Crippen LogP contribution < -0.4 is 9.47 Å². The van der Waals surface area contributed by atoms with Crippen LogP contribution in [0.25, 0.3) is 6.08 Å². The van der Waals surface area contributed by atoms with Crippen LogP contribution in [-0.2, 0) is 7.05 Å². The van der Waals surface area contributed by atoms with E-state index in [1.807, 2.05) is 32.0 Å². The predicted molar refractivity (Wildman–Crippen MR) is 87.8 cm³/mol. The van der Waals surface area contributed by atoms with Crippen molar-refractivity contribution in [2.24, 2.45) is 7.05 Å². The van der Waals surface area contributed by atoms with Crippen molar-refractivity contribution in [3.8, 4) is 11.5 Å². The molecule has 0 amide bonds. The van der Waals surface area contributed by atoms with Gasteiger partial charge in [0.2, 0.25) is 5.78 Å². The highest BCUT2D eigenvalue weighted by Gasteiger charge is 2.11. The number of hydrogen-bond donors (Lipinski definition) is 0. The smallest absolute Gasteiger partial charge is 0.205 e. The summed E-state index contributed by atoms with van der Waals surface area (Å²) in [6.45, 7) is 5.10. The van der Waals surface area contributed by atoms with Gasteiger partial charge in [-0.25, -0.2) is 4.68 Å². The Balaban J connectivity index is 2.27. The Kier molecular flexibility index (Phi) is 5.91. The molecule has 23 heavy (non-hydrogen) atoms. The second-order valence-electron chi connectivity index (χ2n) is 4.90. The lowest BCUT2D eigenvalue weighted by Gasteiger charge is -2.13. The monoisotopic (exact) mass is 315 g/mol. The zero-order valence-electron chi connectivity index (χ0n) is 13.7. The van der Waals surface area contributed by atoms with Gasteiger partial charge in [0.1, 0.15) is 5.69 Å². The summed E-state index contributed by atoms with van der Waals surface area (Å²) >= 11 is 0. The van der Waals surface area contributed by atoms with Gasteiger partial charge in [0, 0.05) is 12.6 Å². The molecule has 1 heterocycles. The van der Waals surface area contributed by atoms with Crippen LogP contribution in [0.2, 0.25) is 0 Å². The Hall–Kier alpha value is -2.63. The molecular formula is C17H21N3O3. The molecule has 0 saturated heterocycles. The minimum Gasteiger partial charge on any atom is -0.490 e. The first-order chi connectivity index (χ1) is 11.2. The average Bonchev–Trinajstić information content (AvgIpc) is 2.98. The highest BCUT2D eigenvalue weighted by atomic mass is 16.5. The maximum atomic E-state index is 12.2. The number of ether oxygens (including phenoxy) is 2. The first-order valence-electron chi connectivity index (χ1n) is 7.63. The third-order valence-corrected chi connectivity index (χ3v) is 3.14. The van der Waals surface area contributed by atoms with Gasteiger partial charge < -0.3 is 9.47 Å². The van der Waals surface area contributed by atoms with E-state index in [9.17, 15) is 4.79 Å². The largest absolute Gasteiger partial charge is 0.490 e. The summed E-state index contributed by atoms with van der Waals surface area (Å²) in [5, 5.41) is 7.46. The van der Waals surface area contributed by atoms with Gasteiger partial charge in [-0.15, -0.1) is 5.10 Å². The van der Waals surface area contributed by atoms with Crippen LogP contribution in [0.4, 0.5) is 0 Å². The molecule has 0 bridgehead atoms. The normalized spacial score (nSPS) is 10.9. The highest BCUT2D eigenvalue weighted by Crippen LogP contribution is 2.32. The molecule has 0 unspecified atom stereocenters. The molecule has 0 N–H and O–H groups in total. The van der Waals surface area contributed by atoms with Crippen LogP contribution in [0, 0.1) is 0 Å². The van der Waals surface area contributed by atoms with Gasteiger partial charge >= 0.3 is 0 Å². The number of benzene rings is 1. The standard InChI is InChI=1S/C17H21N3O3/c1-4-11-23-17-13(7-6-8-16(17)22-5-2)9-10-15(21)14-12-18-19-20(14)3/h6-10,12H,4-5,11H2,1-3H3/b10-9+. The van der Waals surface area contributed by atoms with Crippen LogP contribution in [-0.4, -0.2) is 34.0 Å². The van der Waals surface area contributed by atoms with Gasteiger partial charge in [-0.05, 0) is 31.6 Å². The van der Waals surface area contributed by atoms with Gasteiger partial charge in [0.15, 0.2) is 11.5 Å². The van der Waals surface area contributed by atoms with E-state index in [4.69, 9.17) is 9.47 Å². The molecule has 6 heteroatoms. The molecule has 0 aliphatic carbocycles. The van der Waals surface area contributed by atoms with Gasteiger partial charge in [-0.1, -0.05) is 24.3 Å². The van der Waals surface area contributed by atoms with Crippen molar-refractivity contribution in [3.63, 3.8) is 0 Å². The van der Waals surface area contributed by atoms with E-state index in [1.165, 1.54) is 17.0 Å². The van der Waals surface area contributed by atoms with Crippen LogP contribution in [0.3, 0.4) is 0 Å². The summed E-state index contributed by atoms with van der Waals surface area (Å²) in [7, 11) is 1.68. The zero-order chi connectivity index (χ0) is 16.7. The number of aryl methyl sites for hydroxylation is 1. The molecule has 0 fully saturated rings. The molecule has 0 saturated carbocycles. The maximum Gasteiger partial charge on any atom is 0.205 e. The summed E-state index contributed by atoms with van der Waals surface area (Å²) < 4.78 is 12.8. The minimum atomic E-state index is -0.166. The predicted octanol–water partition coefficient (Wildman–Crippen LogP) is 2.90. The van der Waals surface area contributed by atoms with Gasteiger partial charge in [0.25, 0.3) is 0 Å². The van der Waals surface area contributed by atoms with Crippen molar-refractivity contribution < 1.29 is 14.3 Å². The summed E-state index contributed by atoms with van der Waals surface area (Å²) in [6.07, 6.45) is 5.55. The molecule has 2 rings (SSSR count). The molecular weight excluding hydrogens is 294 g/mol. The molecule has 6 nitrogen and oxygen atoms in total. The summed E-state index contributed by atoms with van der Waals surface area (Å²) in [5.41, 5.74) is 1.23. The van der Waals surface area contributed by atoms with Crippen molar-refractivity contribution in [2.75, 3.05) is 13.2 Å². The van der Waals surface area contributed by atoms with Crippen molar-refractivity contribution in [1.29, 1.82) is 0 Å². The number of nitrogens with zero attached hydrogens (tertiary/aromatic N) is 3. The maximum absolute atomic E-state index is 12.2. The number of ketones is 1. The van der Waals surface area contributed by atoms with E-state index in [0.717, 1.165) is 12.0 Å². The Morgan fingerprint density at radius 3 is 2.78 bits per heavy atom. The highest BCUT2D eigenvalue weighted by molar-refractivity contribution is 6.05. The number of allylic oxidation sites excluding steroid dienone is 1. The minimum absolute atomic E-state index is 0.166. The fraction of sp³-hybridized carbons (Fsp3) is 0.353. The summed E-state index contributed by atoms with van der Waals surface area (Å²) in [5.74, 6) is 1.17. The van der Waals surface area contributed by atoms with Crippen LogP contribution >= 0.6 is 0 Å². The van der Waals surface area contributed by atoms with Gasteiger partial charge in [-0.2, -0.15) is 0 Å². The van der Waals surface area contributed by atoms with E-state index in [-0.39, 0.29) is 5.78 Å². The fourth-order valence-corrected chi connectivity index (χ4v) is 2.06. The third-order valence-electron chi connectivity index (χ3n) is 3.14. The fourth-order valence-electron chi connectivity index (χ4n) is 2.06. The molecule has 0 spiro atoms. The van der Waals surface area contributed by atoms with E-state index >= 15 is 0 Å². The number of hydrogen-bond acceptors (Lipinski definition) is 5. The molecule has 1 aromatic heterocycles. The third kappa shape index (κ3) is 4.18. The van der Waals surface area contributed by atoms with E-state index in [2.05, 4.69) is 10.3 Å². The van der Waals surface area contributed by atoms with Crippen molar-refractivity contribution >= 4 is 11.9 Å². The van der Waals surface area contributed by atoms with E-state index in [0.29, 0.717) is 30.4 Å². The van der Waals surface area contributed by atoms with Gasteiger partial charge in [-0.3, -0.25) is 4.79 Å².